The molecule has 90 valence electrons. The largest absolute Gasteiger partial charge is 0.308 e. The van der Waals surface area contributed by atoms with Gasteiger partial charge in [-0.3, -0.25) is 0 Å². The Hall–Kier alpha value is -1.16. The third kappa shape index (κ3) is 2.92. The van der Waals surface area contributed by atoms with E-state index in [1.54, 1.807) is 0 Å². The molecule has 0 saturated carbocycles. The number of hydrazine groups is 1. The molecule has 0 atom stereocenters. The summed E-state index contributed by atoms with van der Waals surface area (Å²) in [6, 6.07) is 1.90. The summed E-state index contributed by atoms with van der Waals surface area (Å²) in [4.78, 5) is 9.01. The minimum absolute atomic E-state index is 0.00542. The van der Waals surface area contributed by atoms with Gasteiger partial charge in [0, 0.05) is 16.9 Å². The van der Waals surface area contributed by atoms with E-state index >= 15 is 0 Å². The summed E-state index contributed by atoms with van der Waals surface area (Å²) in [7, 11) is 0. The van der Waals surface area contributed by atoms with Gasteiger partial charge < -0.3 is 5.43 Å². The summed E-state index contributed by atoms with van der Waals surface area (Å²) in [6.45, 7) is 12.7. The molecule has 16 heavy (non-hydrogen) atoms. The highest BCUT2D eigenvalue weighted by Crippen LogP contribution is 2.26. The zero-order valence-corrected chi connectivity index (χ0v) is 11.0. The first kappa shape index (κ1) is 12.9. The third-order valence-corrected chi connectivity index (χ3v) is 2.31. The molecule has 3 N–H and O–H groups in total. The van der Waals surface area contributed by atoms with Gasteiger partial charge >= 0.3 is 0 Å². The van der Waals surface area contributed by atoms with Crippen LogP contribution >= 0.6 is 0 Å². The molecule has 0 spiro atoms. The molecule has 0 saturated heterocycles. The molecule has 0 aliphatic carbocycles. The second kappa shape index (κ2) is 4.01. The van der Waals surface area contributed by atoms with E-state index in [-0.39, 0.29) is 10.8 Å². The van der Waals surface area contributed by atoms with Crippen LogP contribution in [0.4, 0.5) is 5.82 Å². The first-order valence-corrected chi connectivity index (χ1v) is 5.51. The molecule has 0 aliphatic rings. The molecule has 1 rings (SSSR count). The Balaban J connectivity index is 3.33. The van der Waals surface area contributed by atoms with Crippen LogP contribution in [0.3, 0.4) is 0 Å². The van der Waals surface area contributed by atoms with E-state index < -0.39 is 0 Å². The first-order valence-electron chi connectivity index (χ1n) is 5.51. The van der Waals surface area contributed by atoms with Gasteiger partial charge in [-0.25, -0.2) is 15.8 Å². The monoisotopic (exact) mass is 222 g/mol. The topological polar surface area (TPSA) is 63.8 Å². The standard InChI is InChI=1S/C12H22N4/c1-11(2,3)8-7-9(16-13)15-10(14-8)12(4,5)6/h7H,13H2,1-6H3,(H,14,15,16). The molecule has 0 fully saturated rings. The van der Waals surface area contributed by atoms with E-state index in [4.69, 9.17) is 5.84 Å². The Kier molecular flexibility index (Phi) is 3.24. The summed E-state index contributed by atoms with van der Waals surface area (Å²) < 4.78 is 0. The van der Waals surface area contributed by atoms with Crippen LogP contribution in [0, 0.1) is 0 Å². The SMILES string of the molecule is CC(C)(C)c1cc(NN)nc(C(C)(C)C)n1. The molecule has 1 aromatic heterocycles. The fraction of sp³-hybridized carbons (Fsp3) is 0.667. The highest BCUT2D eigenvalue weighted by atomic mass is 15.3. The van der Waals surface area contributed by atoms with Crippen molar-refractivity contribution in [2.75, 3.05) is 5.43 Å². The number of nitrogen functional groups attached to an aromatic ring is 1. The zero-order chi connectivity index (χ0) is 12.6. The Morgan fingerprint density at radius 2 is 1.56 bits per heavy atom. The highest BCUT2D eigenvalue weighted by molar-refractivity contribution is 5.37. The van der Waals surface area contributed by atoms with E-state index in [0.717, 1.165) is 11.5 Å². The summed E-state index contributed by atoms with van der Waals surface area (Å²) in [5, 5.41) is 0. The first-order chi connectivity index (χ1) is 7.14. The lowest BCUT2D eigenvalue weighted by Gasteiger charge is -2.23. The van der Waals surface area contributed by atoms with Crippen LogP contribution in [0.5, 0.6) is 0 Å². The van der Waals surface area contributed by atoms with Crippen molar-refractivity contribution in [2.45, 2.75) is 52.4 Å². The van der Waals surface area contributed by atoms with Crippen molar-refractivity contribution in [1.82, 2.24) is 9.97 Å². The van der Waals surface area contributed by atoms with Gasteiger partial charge in [0.05, 0.1) is 5.69 Å². The minimum Gasteiger partial charge on any atom is -0.308 e. The second-order valence-corrected chi connectivity index (χ2v) is 6.11. The number of hydrogen-bond acceptors (Lipinski definition) is 4. The number of aromatic nitrogens is 2. The quantitative estimate of drug-likeness (QED) is 0.565. The van der Waals surface area contributed by atoms with Gasteiger partial charge in [0.2, 0.25) is 0 Å². The van der Waals surface area contributed by atoms with Gasteiger partial charge in [-0.2, -0.15) is 0 Å². The Morgan fingerprint density at radius 1 is 1.00 bits per heavy atom. The van der Waals surface area contributed by atoms with Crippen molar-refractivity contribution in [1.29, 1.82) is 0 Å². The minimum atomic E-state index is -0.0765. The van der Waals surface area contributed by atoms with Gasteiger partial charge in [-0.1, -0.05) is 41.5 Å². The van der Waals surface area contributed by atoms with Gasteiger partial charge in [-0.15, -0.1) is 0 Å². The number of hydrogen-bond donors (Lipinski definition) is 2. The number of nitrogens with zero attached hydrogens (tertiary/aromatic N) is 2. The summed E-state index contributed by atoms with van der Waals surface area (Å²) >= 11 is 0. The molecule has 0 unspecified atom stereocenters. The van der Waals surface area contributed by atoms with Crippen LogP contribution in [0.1, 0.15) is 53.1 Å². The van der Waals surface area contributed by atoms with Gasteiger partial charge in [0.25, 0.3) is 0 Å². The smallest absolute Gasteiger partial charge is 0.143 e. The van der Waals surface area contributed by atoms with Gasteiger partial charge in [0.1, 0.15) is 11.6 Å². The van der Waals surface area contributed by atoms with E-state index in [1.165, 1.54) is 0 Å². The van der Waals surface area contributed by atoms with Crippen LogP contribution in [-0.4, -0.2) is 9.97 Å². The van der Waals surface area contributed by atoms with Crippen LogP contribution < -0.4 is 11.3 Å². The van der Waals surface area contributed by atoms with Crippen LogP contribution in [0.25, 0.3) is 0 Å². The Bertz CT molecular complexity index is 339. The molecule has 4 heteroatoms. The highest BCUT2D eigenvalue weighted by Gasteiger charge is 2.23. The van der Waals surface area contributed by atoms with Crippen molar-refractivity contribution in [3.05, 3.63) is 17.6 Å². The summed E-state index contributed by atoms with van der Waals surface area (Å²) in [6.07, 6.45) is 0. The molecule has 0 aliphatic heterocycles. The number of nitrogens with two attached hydrogens (primary N) is 1. The number of nitrogens with one attached hydrogen (secondary N) is 1. The lowest BCUT2D eigenvalue weighted by molar-refractivity contribution is 0.514. The van der Waals surface area contributed by atoms with Crippen molar-refractivity contribution in [3.8, 4) is 0 Å². The maximum atomic E-state index is 5.43. The summed E-state index contributed by atoms with van der Waals surface area (Å²) in [5.74, 6) is 6.92. The normalized spacial score (nSPS) is 12.7. The predicted molar refractivity (Wildman–Crippen MR) is 67.2 cm³/mol. The predicted octanol–water partition coefficient (Wildman–Crippen LogP) is 2.36. The van der Waals surface area contributed by atoms with Crippen LogP contribution in [-0.2, 0) is 10.8 Å². The van der Waals surface area contributed by atoms with Crippen LogP contribution in [0.2, 0.25) is 0 Å². The van der Waals surface area contributed by atoms with Crippen molar-refractivity contribution >= 4 is 5.82 Å². The zero-order valence-electron chi connectivity index (χ0n) is 11.0. The Morgan fingerprint density at radius 3 is 1.94 bits per heavy atom. The van der Waals surface area contributed by atoms with E-state index in [9.17, 15) is 0 Å². The molecule has 1 heterocycles. The Labute approximate surface area is 97.7 Å². The van der Waals surface area contributed by atoms with Gasteiger partial charge in [0.15, 0.2) is 0 Å². The average molecular weight is 222 g/mol. The van der Waals surface area contributed by atoms with Gasteiger partial charge in [-0.05, 0) is 0 Å². The van der Waals surface area contributed by atoms with Crippen molar-refractivity contribution < 1.29 is 0 Å². The summed E-state index contributed by atoms with van der Waals surface area (Å²) in [5.41, 5.74) is 3.52. The van der Waals surface area contributed by atoms with E-state index in [0.29, 0.717) is 5.82 Å². The molecule has 4 nitrogen and oxygen atoms in total. The van der Waals surface area contributed by atoms with Crippen LogP contribution in [0.15, 0.2) is 6.07 Å². The van der Waals surface area contributed by atoms with E-state index in [1.807, 2.05) is 6.07 Å². The maximum absolute atomic E-state index is 5.43. The lowest BCUT2D eigenvalue weighted by Crippen LogP contribution is -2.23. The molecular formula is C12H22N4. The fourth-order valence-electron chi connectivity index (χ4n) is 1.24. The fourth-order valence-corrected chi connectivity index (χ4v) is 1.24. The molecule has 0 amide bonds. The maximum Gasteiger partial charge on any atom is 0.143 e. The lowest BCUT2D eigenvalue weighted by atomic mass is 9.90. The van der Waals surface area contributed by atoms with Crippen molar-refractivity contribution in [3.63, 3.8) is 0 Å². The molecule has 0 radical (unpaired) electrons. The number of anilines is 1. The van der Waals surface area contributed by atoms with Crippen molar-refractivity contribution in [2.24, 2.45) is 5.84 Å². The molecule has 0 aromatic carbocycles. The number of rotatable bonds is 1. The molecule has 0 bridgehead atoms. The second-order valence-electron chi connectivity index (χ2n) is 6.11. The third-order valence-electron chi connectivity index (χ3n) is 2.31. The molecule has 1 aromatic rings. The average Bonchev–Trinajstić information content (AvgIpc) is 2.14. The molecular weight excluding hydrogens is 200 g/mol. The van der Waals surface area contributed by atoms with E-state index in [2.05, 4.69) is 56.9 Å².